The Kier molecular flexibility index (Phi) is 8.67. The molecule has 2 aliphatic rings. The number of ether oxygens (including phenoxy) is 3. The molecule has 3 unspecified atom stereocenters. The number of carbonyl (C=O) groups is 1. The molecule has 45 heavy (non-hydrogen) atoms. The number of imidazole rings is 1. The van der Waals surface area contributed by atoms with Gasteiger partial charge in [-0.05, 0) is 24.1 Å². The van der Waals surface area contributed by atoms with Gasteiger partial charge in [0.25, 0.3) is 0 Å². The van der Waals surface area contributed by atoms with Crippen LogP contribution in [0, 0.1) is 17.6 Å². The van der Waals surface area contributed by atoms with E-state index in [1.165, 1.54) is 23.8 Å². The normalized spacial score (nSPS) is 20.7. The van der Waals surface area contributed by atoms with Gasteiger partial charge in [0, 0.05) is 57.4 Å². The Balaban J connectivity index is 1.25. The van der Waals surface area contributed by atoms with Gasteiger partial charge >= 0.3 is 6.09 Å². The predicted molar refractivity (Wildman–Crippen MR) is 164 cm³/mol. The van der Waals surface area contributed by atoms with Gasteiger partial charge in [-0.3, -0.25) is 4.98 Å². The standard InChI is InChI=1S/C31H36F2N8O4/c1-18-16-40(17-24(34)29(18)39(2)31(42)43-3)27-6-9-35-15-26(27)37-30-36-14-19-4-5-25(38-41(19)30)28-22(32)12-21(13-23(28)33)45-20-7-10-44-11-8-20/h4-6,9,12-15,18,20,24,29H,7-8,10-11,16-17,34H2,1-3H3,(H,36,37). The molecule has 0 aliphatic carbocycles. The fourth-order valence-electron chi connectivity index (χ4n) is 6.28. The van der Waals surface area contributed by atoms with Crippen LogP contribution < -0.4 is 20.7 Å². The van der Waals surface area contributed by atoms with Gasteiger partial charge in [0.15, 0.2) is 0 Å². The second kappa shape index (κ2) is 12.8. The number of nitrogens with zero attached hydrogens (tertiary/aromatic N) is 6. The number of nitrogens with two attached hydrogens (primary N) is 1. The van der Waals surface area contributed by atoms with Crippen molar-refractivity contribution in [3.63, 3.8) is 0 Å². The number of halogens is 2. The van der Waals surface area contributed by atoms with Gasteiger partial charge in [0.05, 0.1) is 66.9 Å². The maximum atomic E-state index is 15.3. The molecule has 3 N–H and O–H groups in total. The number of hydrogen-bond acceptors (Lipinski definition) is 10. The smallest absolute Gasteiger partial charge is 0.409 e. The van der Waals surface area contributed by atoms with E-state index in [4.69, 9.17) is 19.9 Å². The average Bonchev–Trinajstić information content (AvgIpc) is 3.42. The molecule has 6 rings (SSSR count). The summed E-state index contributed by atoms with van der Waals surface area (Å²) in [6.07, 6.45) is 5.70. The van der Waals surface area contributed by atoms with Crippen molar-refractivity contribution in [1.82, 2.24) is 24.5 Å². The molecule has 12 nitrogen and oxygen atoms in total. The predicted octanol–water partition coefficient (Wildman–Crippen LogP) is 4.22. The van der Waals surface area contributed by atoms with E-state index in [2.05, 4.69) is 25.3 Å². The minimum Gasteiger partial charge on any atom is -0.490 e. The number of anilines is 3. The van der Waals surface area contributed by atoms with E-state index in [0.717, 1.165) is 5.69 Å². The summed E-state index contributed by atoms with van der Waals surface area (Å²) in [6.45, 7) is 4.25. The summed E-state index contributed by atoms with van der Waals surface area (Å²) in [5.74, 6) is -1.06. The topological polar surface area (TPSA) is 132 Å². The van der Waals surface area contributed by atoms with Crippen molar-refractivity contribution in [3.8, 4) is 17.0 Å². The first-order chi connectivity index (χ1) is 21.7. The molecule has 2 fully saturated rings. The number of piperidine rings is 1. The van der Waals surface area contributed by atoms with Crippen LogP contribution in [-0.2, 0) is 9.47 Å². The third-order valence-corrected chi connectivity index (χ3v) is 8.38. The molecule has 2 aliphatic heterocycles. The molecule has 14 heteroatoms. The van der Waals surface area contributed by atoms with Crippen molar-refractivity contribution in [2.45, 2.75) is 38.0 Å². The van der Waals surface area contributed by atoms with Crippen LogP contribution in [0.15, 0.2) is 48.9 Å². The fourth-order valence-corrected chi connectivity index (χ4v) is 6.28. The van der Waals surface area contributed by atoms with Crippen LogP contribution in [0.1, 0.15) is 19.8 Å². The van der Waals surface area contributed by atoms with E-state index < -0.39 is 17.7 Å². The van der Waals surface area contributed by atoms with Crippen molar-refractivity contribution in [1.29, 1.82) is 0 Å². The first-order valence-electron chi connectivity index (χ1n) is 14.8. The zero-order valence-corrected chi connectivity index (χ0v) is 25.3. The summed E-state index contributed by atoms with van der Waals surface area (Å²) in [5.41, 5.74) is 8.50. The van der Waals surface area contributed by atoms with Crippen molar-refractivity contribution in [2.24, 2.45) is 11.7 Å². The van der Waals surface area contributed by atoms with Gasteiger partial charge in [-0.25, -0.2) is 18.6 Å². The van der Waals surface area contributed by atoms with Crippen LogP contribution in [-0.4, -0.2) is 89.2 Å². The molecular formula is C31H36F2N8O4. The fraction of sp³-hybridized carbons (Fsp3) is 0.419. The maximum Gasteiger partial charge on any atom is 0.409 e. The summed E-state index contributed by atoms with van der Waals surface area (Å²) >= 11 is 0. The van der Waals surface area contributed by atoms with Crippen LogP contribution in [0.2, 0.25) is 0 Å². The van der Waals surface area contributed by atoms with Crippen LogP contribution in [0.5, 0.6) is 5.75 Å². The molecule has 1 aromatic carbocycles. The molecule has 3 aromatic heterocycles. The van der Waals surface area contributed by atoms with E-state index in [1.807, 2.05) is 13.0 Å². The minimum atomic E-state index is -0.778. The SMILES string of the molecule is COC(=O)N(C)C1C(C)CN(c2ccncc2Nc2ncc3ccc(-c4c(F)cc(OC5CCOCC5)cc4F)nn23)CC1N. The number of benzene rings is 1. The summed E-state index contributed by atoms with van der Waals surface area (Å²) in [5, 5.41) is 7.83. The van der Waals surface area contributed by atoms with Gasteiger partial charge < -0.3 is 35.1 Å². The lowest BCUT2D eigenvalue weighted by atomic mass is 9.89. The quantitative estimate of drug-likeness (QED) is 0.309. The van der Waals surface area contributed by atoms with Crippen molar-refractivity contribution in [3.05, 3.63) is 60.6 Å². The van der Waals surface area contributed by atoms with Crippen molar-refractivity contribution >= 4 is 28.9 Å². The molecule has 2 saturated heterocycles. The number of rotatable bonds is 7. The largest absolute Gasteiger partial charge is 0.490 e. The minimum absolute atomic E-state index is 0.0357. The van der Waals surface area contributed by atoms with E-state index >= 15 is 8.78 Å². The van der Waals surface area contributed by atoms with E-state index in [9.17, 15) is 4.79 Å². The van der Waals surface area contributed by atoms with Crippen LogP contribution >= 0.6 is 0 Å². The second-order valence-electron chi connectivity index (χ2n) is 11.5. The molecule has 0 saturated carbocycles. The second-order valence-corrected chi connectivity index (χ2v) is 11.5. The number of pyridine rings is 1. The molecule has 238 valence electrons. The van der Waals surface area contributed by atoms with E-state index in [1.54, 1.807) is 42.7 Å². The molecule has 0 bridgehead atoms. The first kappa shape index (κ1) is 30.5. The highest BCUT2D eigenvalue weighted by atomic mass is 19.1. The number of nitrogens with one attached hydrogen (secondary N) is 1. The average molecular weight is 623 g/mol. The summed E-state index contributed by atoms with van der Waals surface area (Å²) in [6, 6.07) is 6.95. The molecule has 5 heterocycles. The van der Waals surface area contributed by atoms with Gasteiger partial charge in [-0.15, -0.1) is 0 Å². The molecule has 4 aromatic rings. The third kappa shape index (κ3) is 6.20. The highest BCUT2D eigenvalue weighted by Gasteiger charge is 2.38. The molecule has 1 amide bonds. The number of methoxy groups -OCH3 is 1. The first-order valence-corrected chi connectivity index (χ1v) is 14.8. The highest BCUT2D eigenvalue weighted by molar-refractivity contribution is 5.74. The molecule has 0 radical (unpaired) electrons. The van der Waals surface area contributed by atoms with Gasteiger partial charge in [0.2, 0.25) is 5.95 Å². The van der Waals surface area contributed by atoms with Gasteiger partial charge in [-0.2, -0.15) is 9.61 Å². The Morgan fingerprint density at radius 2 is 1.89 bits per heavy atom. The lowest BCUT2D eigenvalue weighted by molar-refractivity contribution is 0.0253. The Hall–Kier alpha value is -4.56. The third-order valence-electron chi connectivity index (χ3n) is 8.38. The van der Waals surface area contributed by atoms with E-state index in [0.29, 0.717) is 56.3 Å². The summed E-state index contributed by atoms with van der Waals surface area (Å²) < 4.78 is 48.2. The maximum absolute atomic E-state index is 15.3. The lowest BCUT2D eigenvalue weighted by Gasteiger charge is -2.45. The molecule has 0 spiro atoms. The van der Waals surface area contributed by atoms with Crippen molar-refractivity contribution < 1.29 is 27.8 Å². The molecular weight excluding hydrogens is 586 g/mol. The summed E-state index contributed by atoms with van der Waals surface area (Å²) in [7, 11) is 3.04. The summed E-state index contributed by atoms with van der Waals surface area (Å²) in [4.78, 5) is 24.6. The lowest BCUT2D eigenvalue weighted by Crippen LogP contribution is -2.62. The number of carbonyl (C=O) groups excluding carboxylic acids is 1. The van der Waals surface area contributed by atoms with Crippen LogP contribution in [0.25, 0.3) is 16.8 Å². The Labute approximate surface area is 259 Å². The number of amides is 1. The van der Waals surface area contributed by atoms with E-state index in [-0.39, 0.29) is 41.1 Å². The van der Waals surface area contributed by atoms with Gasteiger partial charge in [-0.1, -0.05) is 6.92 Å². The van der Waals surface area contributed by atoms with Crippen molar-refractivity contribution in [2.75, 3.05) is 50.7 Å². The van der Waals surface area contributed by atoms with Crippen LogP contribution in [0.3, 0.4) is 0 Å². The highest BCUT2D eigenvalue weighted by Crippen LogP contribution is 2.34. The van der Waals surface area contributed by atoms with Gasteiger partial charge in [0.1, 0.15) is 23.5 Å². The monoisotopic (exact) mass is 622 g/mol. The Bertz CT molecular complexity index is 1650. The van der Waals surface area contributed by atoms with Crippen LogP contribution in [0.4, 0.5) is 30.9 Å². The number of hydrogen-bond donors (Lipinski definition) is 2. The zero-order chi connectivity index (χ0) is 31.7. The number of likely N-dealkylation sites (N-methyl/N-ethyl adjacent to an activating group) is 1. The Morgan fingerprint density at radius 1 is 1.13 bits per heavy atom. The number of fused-ring (bicyclic) bond motifs is 1. The zero-order valence-electron chi connectivity index (χ0n) is 25.3. The molecule has 3 atom stereocenters. The Morgan fingerprint density at radius 3 is 2.60 bits per heavy atom. The number of aromatic nitrogens is 4.